The maximum atomic E-state index is 11.4. The molecule has 1 atom stereocenters. The molecule has 5 N–H and O–H groups in total. The molecule has 6 nitrogen and oxygen atoms in total. The Hall–Kier alpha value is -2.24. The third-order valence-electron chi connectivity index (χ3n) is 3.70. The average molecular weight is 263 g/mol. The number of nitrogens with zero attached hydrogens (tertiary/aromatic N) is 1. The molecule has 0 radical (unpaired) electrons. The molecule has 0 bridgehead atoms. The van der Waals surface area contributed by atoms with Crippen molar-refractivity contribution in [1.82, 2.24) is 0 Å². The van der Waals surface area contributed by atoms with Crippen LogP contribution in [-0.4, -0.2) is 30.1 Å². The van der Waals surface area contributed by atoms with Crippen molar-refractivity contribution in [3.05, 3.63) is 23.8 Å². The normalized spacial score (nSPS) is 22.5. The van der Waals surface area contributed by atoms with Crippen LogP contribution < -0.4 is 16.4 Å². The van der Waals surface area contributed by atoms with Crippen LogP contribution in [0.2, 0.25) is 0 Å². The summed E-state index contributed by atoms with van der Waals surface area (Å²) in [5.41, 5.74) is 11.7. The first-order valence-corrected chi connectivity index (χ1v) is 6.01. The summed E-state index contributed by atoms with van der Waals surface area (Å²) in [6.45, 7) is 3.06. The zero-order chi connectivity index (χ0) is 14.2. The van der Waals surface area contributed by atoms with Gasteiger partial charge in [-0.25, -0.2) is 4.79 Å². The van der Waals surface area contributed by atoms with E-state index in [1.165, 1.54) is 6.07 Å². The molecule has 1 aromatic rings. The van der Waals surface area contributed by atoms with Crippen molar-refractivity contribution in [1.29, 1.82) is 0 Å². The van der Waals surface area contributed by atoms with Gasteiger partial charge in [-0.1, -0.05) is 0 Å². The van der Waals surface area contributed by atoms with Gasteiger partial charge in [0.25, 0.3) is 0 Å². The maximum absolute atomic E-state index is 11.4. The minimum Gasteiger partial charge on any atom is -0.478 e. The first-order valence-electron chi connectivity index (χ1n) is 6.01. The molecule has 1 aromatic carbocycles. The first kappa shape index (κ1) is 13.2. The topological polar surface area (TPSA) is 110 Å². The molecule has 1 saturated heterocycles. The van der Waals surface area contributed by atoms with Gasteiger partial charge in [-0.3, -0.25) is 4.79 Å². The second kappa shape index (κ2) is 4.46. The fourth-order valence-corrected chi connectivity index (χ4v) is 2.32. The minimum absolute atomic E-state index is 0.0839. The molecule has 0 spiro atoms. The van der Waals surface area contributed by atoms with Crippen LogP contribution in [0.25, 0.3) is 0 Å². The minimum atomic E-state index is -1.05. The molecule has 0 saturated carbocycles. The quantitative estimate of drug-likeness (QED) is 0.694. The van der Waals surface area contributed by atoms with Crippen molar-refractivity contribution in [2.24, 2.45) is 11.1 Å². The highest BCUT2D eigenvalue weighted by atomic mass is 16.4. The van der Waals surface area contributed by atoms with Gasteiger partial charge in [-0.15, -0.1) is 0 Å². The van der Waals surface area contributed by atoms with Gasteiger partial charge in [0.15, 0.2) is 0 Å². The third kappa shape index (κ3) is 2.33. The van der Waals surface area contributed by atoms with E-state index in [-0.39, 0.29) is 17.2 Å². The number of hydrogen-bond donors (Lipinski definition) is 3. The van der Waals surface area contributed by atoms with E-state index >= 15 is 0 Å². The number of benzene rings is 1. The molecule has 2 rings (SSSR count). The monoisotopic (exact) mass is 263 g/mol. The molecule has 6 heteroatoms. The lowest BCUT2D eigenvalue weighted by molar-refractivity contribution is -0.125. The summed E-state index contributed by atoms with van der Waals surface area (Å²) in [7, 11) is 0. The number of nitrogens with two attached hydrogens (primary N) is 2. The van der Waals surface area contributed by atoms with Crippen LogP contribution in [0.1, 0.15) is 23.7 Å². The van der Waals surface area contributed by atoms with E-state index in [4.69, 9.17) is 16.6 Å². The zero-order valence-electron chi connectivity index (χ0n) is 10.7. The van der Waals surface area contributed by atoms with E-state index < -0.39 is 11.4 Å². The Morgan fingerprint density at radius 1 is 1.42 bits per heavy atom. The predicted octanol–water partition coefficient (Wildman–Crippen LogP) is 0.669. The van der Waals surface area contributed by atoms with Gasteiger partial charge in [0.1, 0.15) is 0 Å². The molecule has 1 fully saturated rings. The van der Waals surface area contributed by atoms with Gasteiger partial charge in [-0.05, 0) is 31.5 Å². The van der Waals surface area contributed by atoms with Crippen LogP contribution in [-0.2, 0) is 4.79 Å². The standard InChI is InChI=1S/C13H17N3O3/c1-13(12(15)19)4-5-16(7-13)8-2-3-9(11(17)18)10(14)6-8/h2-3,6H,4-5,7,14H2,1H3,(H2,15,19)(H,17,18). The second-order valence-electron chi connectivity index (χ2n) is 5.17. The summed E-state index contributed by atoms with van der Waals surface area (Å²) in [6, 6.07) is 4.80. The van der Waals surface area contributed by atoms with Gasteiger partial charge in [0.2, 0.25) is 5.91 Å². The van der Waals surface area contributed by atoms with Crippen molar-refractivity contribution in [3.63, 3.8) is 0 Å². The van der Waals surface area contributed by atoms with E-state index in [9.17, 15) is 9.59 Å². The number of anilines is 2. The summed E-state index contributed by atoms with van der Waals surface area (Å²) in [5, 5.41) is 8.92. The maximum Gasteiger partial charge on any atom is 0.337 e. The highest BCUT2D eigenvalue weighted by molar-refractivity contribution is 5.94. The molecule has 1 aliphatic heterocycles. The summed E-state index contributed by atoms with van der Waals surface area (Å²) >= 11 is 0. The molecular weight excluding hydrogens is 246 g/mol. The number of carbonyl (C=O) groups is 2. The number of carbonyl (C=O) groups excluding carboxylic acids is 1. The molecule has 1 aliphatic rings. The molecule has 1 heterocycles. The lowest BCUT2D eigenvalue weighted by Crippen LogP contribution is -2.37. The number of hydrogen-bond acceptors (Lipinski definition) is 4. The fourth-order valence-electron chi connectivity index (χ4n) is 2.32. The van der Waals surface area contributed by atoms with E-state index in [1.54, 1.807) is 12.1 Å². The Kier molecular flexibility index (Phi) is 3.09. The van der Waals surface area contributed by atoms with Crippen molar-refractivity contribution in [3.8, 4) is 0 Å². The van der Waals surface area contributed by atoms with Crippen LogP contribution >= 0.6 is 0 Å². The predicted molar refractivity (Wildman–Crippen MR) is 71.9 cm³/mol. The summed E-state index contributed by atoms with van der Waals surface area (Å²) in [6.07, 6.45) is 0.683. The van der Waals surface area contributed by atoms with E-state index in [0.29, 0.717) is 19.5 Å². The van der Waals surface area contributed by atoms with Gasteiger partial charge >= 0.3 is 5.97 Å². The Morgan fingerprint density at radius 2 is 2.11 bits per heavy atom. The van der Waals surface area contributed by atoms with Crippen LogP contribution in [0.15, 0.2) is 18.2 Å². The van der Waals surface area contributed by atoms with Gasteiger partial charge in [0, 0.05) is 24.5 Å². The Labute approximate surface area is 111 Å². The molecule has 102 valence electrons. The fraction of sp³-hybridized carbons (Fsp3) is 0.385. The van der Waals surface area contributed by atoms with Crippen molar-refractivity contribution in [2.75, 3.05) is 23.7 Å². The number of amides is 1. The van der Waals surface area contributed by atoms with E-state index in [0.717, 1.165) is 5.69 Å². The lowest BCUT2D eigenvalue weighted by Gasteiger charge is -2.23. The molecular formula is C13H17N3O3. The SMILES string of the molecule is CC1(C(N)=O)CCN(c2ccc(C(=O)O)c(N)c2)C1. The smallest absolute Gasteiger partial charge is 0.337 e. The molecule has 1 amide bonds. The molecule has 0 aromatic heterocycles. The molecule has 19 heavy (non-hydrogen) atoms. The second-order valence-corrected chi connectivity index (χ2v) is 5.17. The lowest BCUT2D eigenvalue weighted by atomic mass is 9.89. The van der Waals surface area contributed by atoms with E-state index in [2.05, 4.69) is 0 Å². The van der Waals surface area contributed by atoms with Gasteiger partial charge in [-0.2, -0.15) is 0 Å². The number of rotatable bonds is 3. The molecule has 0 aliphatic carbocycles. The largest absolute Gasteiger partial charge is 0.478 e. The van der Waals surface area contributed by atoms with Gasteiger partial charge < -0.3 is 21.5 Å². The van der Waals surface area contributed by atoms with Crippen LogP contribution in [0.3, 0.4) is 0 Å². The van der Waals surface area contributed by atoms with Crippen LogP contribution in [0.5, 0.6) is 0 Å². The Morgan fingerprint density at radius 3 is 2.58 bits per heavy atom. The van der Waals surface area contributed by atoms with Crippen LogP contribution in [0, 0.1) is 5.41 Å². The highest BCUT2D eigenvalue weighted by Gasteiger charge is 2.39. The summed E-state index contributed by atoms with van der Waals surface area (Å²) in [4.78, 5) is 24.3. The number of primary amides is 1. The number of carboxylic acid groups (broad SMARTS) is 1. The summed E-state index contributed by atoms with van der Waals surface area (Å²) < 4.78 is 0. The number of carboxylic acids is 1. The van der Waals surface area contributed by atoms with Gasteiger partial charge in [0.05, 0.1) is 11.0 Å². The zero-order valence-corrected chi connectivity index (χ0v) is 10.7. The summed E-state index contributed by atoms with van der Waals surface area (Å²) in [5.74, 6) is -1.36. The number of nitrogen functional groups attached to an aromatic ring is 1. The van der Waals surface area contributed by atoms with Crippen molar-refractivity contribution < 1.29 is 14.7 Å². The van der Waals surface area contributed by atoms with Crippen molar-refractivity contribution >= 4 is 23.3 Å². The number of aromatic carboxylic acids is 1. The Bertz CT molecular complexity index is 544. The van der Waals surface area contributed by atoms with Crippen molar-refractivity contribution in [2.45, 2.75) is 13.3 Å². The molecule has 1 unspecified atom stereocenters. The Balaban J connectivity index is 2.23. The highest BCUT2D eigenvalue weighted by Crippen LogP contribution is 2.34. The average Bonchev–Trinajstić information content (AvgIpc) is 2.73. The van der Waals surface area contributed by atoms with Crippen LogP contribution in [0.4, 0.5) is 11.4 Å². The third-order valence-corrected chi connectivity index (χ3v) is 3.70. The van der Waals surface area contributed by atoms with E-state index in [1.807, 2.05) is 11.8 Å². The first-order chi connectivity index (χ1) is 8.83.